The van der Waals surface area contributed by atoms with Gasteiger partial charge in [0.15, 0.2) is 0 Å². The van der Waals surface area contributed by atoms with Gasteiger partial charge in [0.05, 0.1) is 0 Å². The van der Waals surface area contributed by atoms with Gasteiger partial charge >= 0.3 is 0 Å². The Kier molecular flexibility index (Phi) is 327. The van der Waals surface area contributed by atoms with Crippen molar-refractivity contribution >= 4 is 0 Å². The number of hydrogen-bond donors (Lipinski definition) is 3. The van der Waals surface area contributed by atoms with Gasteiger partial charge in [-0.3, -0.25) is 0 Å². The van der Waals surface area contributed by atoms with Crippen molar-refractivity contribution < 1.29 is 35.4 Å². The molecular formula is C3H3IrN3O3. The minimum absolute atomic E-state index is 0. The minimum atomic E-state index is 0. The fourth-order valence-electron chi connectivity index (χ4n) is 0. The molecule has 0 bridgehead atoms. The summed E-state index contributed by atoms with van der Waals surface area (Å²) in [5.41, 5.74) is 0. The minimum Gasteiger partial charge on any atom is -0.443 e. The molecule has 0 aliphatic rings. The Balaban J connectivity index is -0.0000000257. The molecule has 0 aromatic carbocycles. The zero-order valence-corrected chi connectivity index (χ0v) is 6.91. The van der Waals surface area contributed by atoms with Crippen LogP contribution in [0.2, 0.25) is 0 Å². The molecule has 10 heavy (non-hydrogen) atoms. The second kappa shape index (κ2) is 138. The van der Waals surface area contributed by atoms with E-state index in [0.29, 0.717) is 0 Å². The topological polar surface area (TPSA) is 132 Å². The van der Waals surface area contributed by atoms with E-state index in [1.807, 2.05) is 0 Å². The van der Waals surface area contributed by atoms with E-state index in [-0.39, 0.29) is 20.1 Å². The van der Waals surface area contributed by atoms with Crippen LogP contribution < -0.4 is 0 Å². The number of aliphatic hydroxyl groups is 3. The molecule has 0 rings (SSSR count). The van der Waals surface area contributed by atoms with Crippen molar-refractivity contribution in [2.75, 3.05) is 0 Å². The maximum Gasteiger partial charge on any atom is 0.283 e. The van der Waals surface area contributed by atoms with Crippen LogP contribution in [0.4, 0.5) is 0 Å². The van der Waals surface area contributed by atoms with Gasteiger partial charge in [-0.25, -0.2) is 0 Å². The predicted octanol–water partition coefficient (Wildman–Crippen LogP) is -0.483. The summed E-state index contributed by atoms with van der Waals surface area (Å²) in [5, 5.41) is 41.2. The quantitative estimate of drug-likeness (QED) is 0.516. The number of nitriles is 3. The Morgan fingerprint density at radius 2 is 0.700 bits per heavy atom. The molecule has 0 aliphatic heterocycles. The van der Waals surface area contributed by atoms with E-state index in [2.05, 4.69) is 0 Å². The fourth-order valence-corrected chi connectivity index (χ4v) is 0. The second-order valence-electron chi connectivity index (χ2n) is 0.300. The maximum atomic E-state index is 6.88. The SMILES string of the molecule is N#CO.N#CO.N#CO.[Ir]. The molecule has 0 aromatic rings. The largest absolute Gasteiger partial charge is 0.443 e. The van der Waals surface area contributed by atoms with Crippen LogP contribution in [0.25, 0.3) is 0 Å². The van der Waals surface area contributed by atoms with Crippen molar-refractivity contribution in [3.8, 4) is 18.8 Å². The van der Waals surface area contributed by atoms with E-state index in [0.717, 1.165) is 18.8 Å². The number of nitrogens with zero attached hydrogens (tertiary/aromatic N) is 3. The molecule has 57 valence electrons. The van der Waals surface area contributed by atoms with Crippen molar-refractivity contribution in [2.45, 2.75) is 0 Å². The smallest absolute Gasteiger partial charge is 0.283 e. The van der Waals surface area contributed by atoms with Crippen molar-refractivity contribution in [1.82, 2.24) is 0 Å². The standard InChI is InChI=1S/3CHNO.Ir/c3*2-1-3;/h3*3H;. The third-order valence-electron chi connectivity index (χ3n) is 0. The van der Waals surface area contributed by atoms with Crippen LogP contribution in [0.1, 0.15) is 0 Å². The molecule has 0 atom stereocenters. The summed E-state index contributed by atoms with van der Waals surface area (Å²) >= 11 is 0. The number of hydrogen-bond acceptors (Lipinski definition) is 6. The van der Waals surface area contributed by atoms with Crippen molar-refractivity contribution in [3.63, 3.8) is 0 Å². The number of aliphatic hydroxyl groups excluding tert-OH is 3. The molecule has 0 fully saturated rings. The number of rotatable bonds is 0. The Morgan fingerprint density at radius 3 is 0.700 bits per heavy atom. The van der Waals surface area contributed by atoms with Crippen LogP contribution in [0.3, 0.4) is 0 Å². The van der Waals surface area contributed by atoms with E-state index in [1.165, 1.54) is 0 Å². The monoisotopic (exact) mass is 322 g/mol. The van der Waals surface area contributed by atoms with Crippen molar-refractivity contribution in [3.05, 3.63) is 0 Å². The van der Waals surface area contributed by atoms with Crippen LogP contribution in [0, 0.1) is 34.6 Å². The van der Waals surface area contributed by atoms with Crippen LogP contribution in [0.5, 0.6) is 0 Å². The second-order valence-corrected chi connectivity index (χ2v) is 0.300. The molecule has 6 nitrogen and oxygen atoms in total. The first-order valence-corrected chi connectivity index (χ1v) is 1.34. The summed E-state index contributed by atoms with van der Waals surface area (Å²) in [4.78, 5) is 0. The molecular weight excluding hydrogens is 318 g/mol. The summed E-state index contributed by atoms with van der Waals surface area (Å²) in [6.45, 7) is 0. The van der Waals surface area contributed by atoms with Crippen LogP contribution in [0.15, 0.2) is 0 Å². The Bertz CT molecular complexity index is 112. The summed E-state index contributed by atoms with van der Waals surface area (Å²) in [6.07, 6.45) is 2.25. The van der Waals surface area contributed by atoms with Crippen LogP contribution in [-0.2, 0) is 20.1 Å². The molecule has 3 N–H and O–H groups in total. The normalized spacial score (nSPS) is 2.10. The maximum absolute atomic E-state index is 6.88. The van der Waals surface area contributed by atoms with Crippen molar-refractivity contribution in [1.29, 1.82) is 15.8 Å². The Hall–Kier alpha value is -1.48. The Morgan fingerprint density at radius 1 is 0.700 bits per heavy atom. The van der Waals surface area contributed by atoms with E-state index in [9.17, 15) is 0 Å². The fraction of sp³-hybridized carbons (Fsp3) is 0. The van der Waals surface area contributed by atoms with Gasteiger partial charge < -0.3 is 15.3 Å². The van der Waals surface area contributed by atoms with Gasteiger partial charge in [0.1, 0.15) is 0 Å². The average molecular weight is 321 g/mol. The summed E-state index contributed by atoms with van der Waals surface area (Å²) < 4.78 is 0. The van der Waals surface area contributed by atoms with Gasteiger partial charge in [-0.1, -0.05) is 0 Å². The molecule has 0 unspecified atom stereocenters. The molecule has 0 amide bonds. The molecule has 0 heterocycles. The van der Waals surface area contributed by atoms with Crippen LogP contribution in [-0.4, -0.2) is 15.3 Å². The molecule has 0 saturated heterocycles. The summed E-state index contributed by atoms with van der Waals surface area (Å²) in [6, 6.07) is 0. The van der Waals surface area contributed by atoms with Crippen LogP contribution >= 0.6 is 0 Å². The average Bonchev–Trinajstić information content (AvgIpc) is 1.70. The third-order valence-corrected chi connectivity index (χ3v) is 0. The summed E-state index contributed by atoms with van der Waals surface area (Å²) in [5.74, 6) is 0. The first-order chi connectivity index (χ1) is 4.24. The molecule has 0 aromatic heterocycles. The van der Waals surface area contributed by atoms with Gasteiger partial charge in [-0.2, -0.15) is 15.8 Å². The summed E-state index contributed by atoms with van der Waals surface area (Å²) in [7, 11) is 0. The first-order valence-electron chi connectivity index (χ1n) is 1.34. The van der Waals surface area contributed by atoms with Gasteiger partial charge in [0.2, 0.25) is 0 Å². The molecule has 0 spiro atoms. The first kappa shape index (κ1) is 23.6. The zero-order chi connectivity index (χ0) is 8.12. The van der Waals surface area contributed by atoms with E-state index < -0.39 is 0 Å². The molecule has 1 radical (unpaired) electrons. The zero-order valence-electron chi connectivity index (χ0n) is 4.52. The molecule has 7 heteroatoms. The van der Waals surface area contributed by atoms with Gasteiger partial charge in [-0.15, -0.1) is 0 Å². The van der Waals surface area contributed by atoms with Crippen molar-refractivity contribution in [2.24, 2.45) is 0 Å². The van der Waals surface area contributed by atoms with E-state index >= 15 is 0 Å². The predicted molar refractivity (Wildman–Crippen MR) is 22.6 cm³/mol. The van der Waals surface area contributed by atoms with Gasteiger partial charge in [0, 0.05) is 20.1 Å². The van der Waals surface area contributed by atoms with Gasteiger partial charge in [-0.05, 0) is 0 Å². The Labute approximate surface area is 70.5 Å². The van der Waals surface area contributed by atoms with E-state index in [4.69, 9.17) is 31.1 Å². The third kappa shape index (κ3) is 90.6. The molecule has 0 aliphatic carbocycles. The molecule has 0 saturated carbocycles. The van der Waals surface area contributed by atoms with E-state index in [1.54, 1.807) is 0 Å². The van der Waals surface area contributed by atoms with Gasteiger partial charge in [0.25, 0.3) is 18.8 Å².